The van der Waals surface area contributed by atoms with Crippen molar-refractivity contribution < 1.29 is 9.13 Å². The van der Waals surface area contributed by atoms with Gasteiger partial charge in [0.15, 0.2) is 5.13 Å². The summed E-state index contributed by atoms with van der Waals surface area (Å²) in [7, 11) is 0. The van der Waals surface area contributed by atoms with E-state index in [1.54, 1.807) is 23.5 Å². The summed E-state index contributed by atoms with van der Waals surface area (Å²) in [5.74, 6) is 0.376. The highest BCUT2D eigenvalue weighted by Gasteiger charge is 2.22. The Morgan fingerprint density at radius 2 is 2.18 bits per heavy atom. The van der Waals surface area contributed by atoms with Crippen LogP contribution in [-0.2, 0) is 4.74 Å². The number of thiazole rings is 1. The Morgan fingerprint density at radius 1 is 1.36 bits per heavy atom. The summed E-state index contributed by atoms with van der Waals surface area (Å²) < 4.78 is 18.6. The van der Waals surface area contributed by atoms with Crippen molar-refractivity contribution >= 4 is 16.5 Å². The van der Waals surface area contributed by atoms with Crippen LogP contribution in [0.3, 0.4) is 0 Å². The number of halogens is 1. The first-order chi connectivity index (χ1) is 10.8. The van der Waals surface area contributed by atoms with Gasteiger partial charge in [0.25, 0.3) is 0 Å². The number of rotatable bonds is 5. The summed E-state index contributed by atoms with van der Waals surface area (Å²) in [5, 5.41) is 3.11. The molecule has 1 fully saturated rings. The first-order valence-corrected chi connectivity index (χ1v) is 8.68. The van der Waals surface area contributed by atoms with Gasteiger partial charge in [0.05, 0.1) is 12.3 Å². The Hall–Kier alpha value is -1.46. The maximum Gasteiger partial charge on any atom is 0.185 e. The Labute approximate surface area is 134 Å². The van der Waals surface area contributed by atoms with Crippen molar-refractivity contribution in [3.05, 3.63) is 35.5 Å². The summed E-state index contributed by atoms with van der Waals surface area (Å²) in [6.45, 7) is 5.72. The zero-order valence-electron chi connectivity index (χ0n) is 12.8. The molecule has 3 rings (SSSR count). The minimum Gasteiger partial charge on any atom is -0.381 e. The van der Waals surface area contributed by atoms with Crippen LogP contribution in [0.5, 0.6) is 0 Å². The molecule has 1 aromatic heterocycles. The Balaban J connectivity index is 1.69. The molecule has 5 heteroatoms. The summed E-state index contributed by atoms with van der Waals surface area (Å²) in [4.78, 5) is 7.08. The van der Waals surface area contributed by atoms with Crippen molar-refractivity contribution in [1.29, 1.82) is 0 Å². The van der Waals surface area contributed by atoms with Crippen LogP contribution in [-0.4, -0.2) is 31.3 Å². The van der Waals surface area contributed by atoms with Crippen molar-refractivity contribution in [3.8, 4) is 11.3 Å². The van der Waals surface area contributed by atoms with E-state index in [1.165, 1.54) is 25.0 Å². The predicted molar refractivity (Wildman–Crippen MR) is 88.9 cm³/mol. The molecule has 1 unspecified atom stereocenters. The lowest BCUT2D eigenvalue weighted by Gasteiger charge is -2.32. The first kappa shape index (κ1) is 15.4. The standard InChI is InChI=1S/C17H21FN2OS/c1-2-21-11-13-4-3-9-20(10-13)17-19-16(12-22-17)14-5-7-15(18)8-6-14/h5-8,12-13H,2-4,9-11H2,1H3. The third kappa shape index (κ3) is 3.65. The molecule has 2 heterocycles. The van der Waals surface area contributed by atoms with Crippen molar-refractivity contribution in [3.63, 3.8) is 0 Å². The van der Waals surface area contributed by atoms with Crippen molar-refractivity contribution in [2.24, 2.45) is 5.92 Å². The van der Waals surface area contributed by atoms with Gasteiger partial charge in [0, 0.05) is 30.6 Å². The van der Waals surface area contributed by atoms with Crippen molar-refractivity contribution in [2.75, 3.05) is 31.2 Å². The van der Waals surface area contributed by atoms with E-state index >= 15 is 0 Å². The first-order valence-electron chi connectivity index (χ1n) is 7.80. The minimum absolute atomic E-state index is 0.214. The van der Waals surface area contributed by atoms with E-state index in [4.69, 9.17) is 9.72 Å². The number of piperidine rings is 1. The van der Waals surface area contributed by atoms with Gasteiger partial charge in [-0.05, 0) is 49.9 Å². The van der Waals surface area contributed by atoms with Crippen LogP contribution in [0.15, 0.2) is 29.6 Å². The Kier molecular flexibility index (Phi) is 5.05. The molecule has 0 amide bonds. The number of benzene rings is 1. The molecule has 1 aliphatic rings. The van der Waals surface area contributed by atoms with Gasteiger partial charge in [0.1, 0.15) is 5.82 Å². The average molecular weight is 320 g/mol. The lowest BCUT2D eigenvalue weighted by atomic mass is 9.99. The minimum atomic E-state index is -0.214. The highest BCUT2D eigenvalue weighted by molar-refractivity contribution is 7.14. The molecule has 1 aliphatic heterocycles. The van der Waals surface area contributed by atoms with Gasteiger partial charge in [-0.25, -0.2) is 9.37 Å². The molecular weight excluding hydrogens is 299 g/mol. The molecule has 1 atom stereocenters. The molecule has 0 saturated carbocycles. The molecule has 1 aromatic carbocycles. The molecule has 0 spiro atoms. The van der Waals surface area contributed by atoms with E-state index in [0.29, 0.717) is 5.92 Å². The second-order valence-electron chi connectivity index (χ2n) is 5.64. The Morgan fingerprint density at radius 3 is 2.95 bits per heavy atom. The maximum absolute atomic E-state index is 13.0. The smallest absolute Gasteiger partial charge is 0.185 e. The average Bonchev–Trinajstić information content (AvgIpc) is 3.04. The molecule has 0 aliphatic carbocycles. The summed E-state index contributed by atoms with van der Waals surface area (Å²) in [6, 6.07) is 6.52. The van der Waals surface area contributed by atoms with Crippen LogP contribution in [0.25, 0.3) is 11.3 Å². The van der Waals surface area contributed by atoms with Crippen LogP contribution >= 0.6 is 11.3 Å². The quantitative estimate of drug-likeness (QED) is 0.825. The number of hydrogen-bond donors (Lipinski definition) is 0. The third-order valence-electron chi connectivity index (χ3n) is 3.98. The molecule has 0 bridgehead atoms. The van der Waals surface area contributed by atoms with E-state index in [0.717, 1.165) is 42.7 Å². The third-order valence-corrected chi connectivity index (χ3v) is 4.88. The summed E-state index contributed by atoms with van der Waals surface area (Å²) in [6.07, 6.45) is 2.41. The molecular formula is C17H21FN2OS. The van der Waals surface area contributed by atoms with E-state index in [-0.39, 0.29) is 5.82 Å². The number of anilines is 1. The van der Waals surface area contributed by atoms with E-state index in [2.05, 4.69) is 10.3 Å². The van der Waals surface area contributed by atoms with Gasteiger partial charge in [-0.15, -0.1) is 11.3 Å². The van der Waals surface area contributed by atoms with E-state index < -0.39 is 0 Å². The van der Waals surface area contributed by atoms with Gasteiger partial charge in [-0.3, -0.25) is 0 Å². The highest BCUT2D eigenvalue weighted by Crippen LogP contribution is 2.30. The maximum atomic E-state index is 13.0. The normalized spacial score (nSPS) is 18.6. The zero-order valence-corrected chi connectivity index (χ0v) is 13.6. The second-order valence-corrected chi connectivity index (χ2v) is 6.47. The van der Waals surface area contributed by atoms with Crippen LogP contribution in [0.1, 0.15) is 19.8 Å². The topological polar surface area (TPSA) is 25.4 Å². The number of hydrogen-bond acceptors (Lipinski definition) is 4. The molecule has 22 heavy (non-hydrogen) atoms. The van der Waals surface area contributed by atoms with Crippen LogP contribution in [0.4, 0.5) is 9.52 Å². The van der Waals surface area contributed by atoms with Gasteiger partial charge >= 0.3 is 0 Å². The summed E-state index contributed by atoms with van der Waals surface area (Å²) in [5.41, 5.74) is 1.89. The summed E-state index contributed by atoms with van der Waals surface area (Å²) >= 11 is 1.66. The predicted octanol–water partition coefficient (Wildman–Crippen LogP) is 4.20. The van der Waals surface area contributed by atoms with Gasteiger partial charge < -0.3 is 9.64 Å². The monoisotopic (exact) mass is 320 g/mol. The Bertz CT molecular complexity index is 599. The van der Waals surface area contributed by atoms with E-state index in [9.17, 15) is 4.39 Å². The van der Waals surface area contributed by atoms with Crippen molar-refractivity contribution in [1.82, 2.24) is 4.98 Å². The fourth-order valence-corrected chi connectivity index (χ4v) is 3.69. The van der Waals surface area contributed by atoms with Crippen LogP contribution in [0, 0.1) is 11.7 Å². The molecule has 3 nitrogen and oxygen atoms in total. The van der Waals surface area contributed by atoms with Crippen molar-refractivity contribution in [2.45, 2.75) is 19.8 Å². The highest BCUT2D eigenvalue weighted by atomic mass is 32.1. The number of aromatic nitrogens is 1. The van der Waals surface area contributed by atoms with Gasteiger partial charge in [0.2, 0.25) is 0 Å². The van der Waals surface area contributed by atoms with Crippen LogP contribution < -0.4 is 4.90 Å². The van der Waals surface area contributed by atoms with Crippen LogP contribution in [0.2, 0.25) is 0 Å². The molecule has 0 N–H and O–H groups in total. The molecule has 2 aromatic rings. The second kappa shape index (κ2) is 7.20. The largest absolute Gasteiger partial charge is 0.381 e. The lowest BCUT2D eigenvalue weighted by Crippen LogP contribution is -2.37. The van der Waals surface area contributed by atoms with E-state index in [1.807, 2.05) is 6.92 Å². The SMILES string of the molecule is CCOCC1CCCN(c2nc(-c3ccc(F)cc3)cs2)C1. The fraction of sp³-hybridized carbons (Fsp3) is 0.471. The number of ether oxygens (including phenoxy) is 1. The molecule has 0 radical (unpaired) electrons. The van der Waals surface area contributed by atoms with Gasteiger partial charge in [-0.2, -0.15) is 0 Å². The zero-order chi connectivity index (χ0) is 15.4. The fourth-order valence-electron chi connectivity index (χ4n) is 2.82. The number of nitrogens with zero attached hydrogens (tertiary/aromatic N) is 2. The van der Waals surface area contributed by atoms with Gasteiger partial charge in [-0.1, -0.05) is 0 Å². The lowest BCUT2D eigenvalue weighted by molar-refractivity contribution is 0.104. The molecule has 118 valence electrons. The molecule has 1 saturated heterocycles.